The van der Waals surface area contributed by atoms with Gasteiger partial charge in [0.25, 0.3) is 0 Å². The van der Waals surface area contributed by atoms with Crippen LogP contribution in [0.2, 0.25) is 0 Å². The number of benzene rings is 1. The van der Waals surface area contributed by atoms with Gasteiger partial charge in [0.2, 0.25) is 0 Å². The van der Waals surface area contributed by atoms with Crippen LogP contribution in [-0.2, 0) is 13.1 Å². The Labute approximate surface area is 131 Å². The molecule has 0 saturated carbocycles. The molecule has 0 atom stereocenters. The molecule has 2 heterocycles. The van der Waals surface area contributed by atoms with Crippen molar-refractivity contribution in [2.75, 3.05) is 13.1 Å². The van der Waals surface area contributed by atoms with Gasteiger partial charge in [-0.05, 0) is 51.1 Å². The Morgan fingerprint density at radius 1 is 1.18 bits per heavy atom. The number of aryl methyl sites for hydroxylation is 1. The fourth-order valence-corrected chi connectivity index (χ4v) is 3.55. The molecule has 1 aromatic heterocycles. The maximum Gasteiger partial charge on any atom is 0.336 e. The summed E-state index contributed by atoms with van der Waals surface area (Å²) in [6.07, 6.45) is 5.20. The third-order valence-corrected chi connectivity index (χ3v) is 4.66. The van der Waals surface area contributed by atoms with Crippen molar-refractivity contribution < 1.29 is 9.90 Å². The number of rotatable bonds is 4. The van der Waals surface area contributed by atoms with E-state index < -0.39 is 5.97 Å². The Morgan fingerprint density at radius 3 is 2.55 bits per heavy atom. The third-order valence-electron chi connectivity index (χ3n) is 4.66. The van der Waals surface area contributed by atoms with Gasteiger partial charge in [0, 0.05) is 29.7 Å². The van der Waals surface area contributed by atoms with Crippen molar-refractivity contribution in [3.63, 3.8) is 0 Å². The van der Waals surface area contributed by atoms with Crippen LogP contribution in [-0.4, -0.2) is 33.6 Å². The van der Waals surface area contributed by atoms with E-state index in [9.17, 15) is 9.90 Å². The first-order chi connectivity index (χ1) is 10.7. The first kappa shape index (κ1) is 15.1. The van der Waals surface area contributed by atoms with Crippen molar-refractivity contribution in [3.8, 4) is 0 Å². The lowest BCUT2D eigenvalue weighted by atomic mass is 10.1. The molecule has 1 saturated heterocycles. The van der Waals surface area contributed by atoms with Gasteiger partial charge in [-0.3, -0.25) is 4.90 Å². The fourth-order valence-electron chi connectivity index (χ4n) is 3.55. The summed E-state index contributed by atoms with van der Waals surface area (Å²) in [6.45, 7) is 6.21. The van der Waals surface area contributed by atoms with Gasteiger partial charge in [-0.1, -0.05) is 18.9 Å². The van der Waals surface area contributed by atoms with Gasteiger partial charge in [-0.2, -0.15) is 0 Å². The fraction of sp³-hybridized carbons (Fsp3) is 0.500. The smallest absolute Gasteiger partial charge is 0.336 e. The Balaban J connectivity index is 1.98. The molecule has 118 valence electrons. The number of aromatic nitrogens is 1. The van der Waals surface area contributed by atoms with Gasteiger partial charge in [0.1, 0.15) is 0 Å². The van der Waals surface area contributed by atoms with Crippen molar-refractivity contribution in [2.45, 2.75) is 45.7 Å². The van der Waals surface area contributed by atoms with Crippen molar-refractivity contribution in [2.24, 2.45) is 0 Å². The second kappa shape index (κ2) is 6.53. The van der Waals surface area contributed by atoms with Crippen LogP contribution in [0.25, 0.3) is 10.9 Å². The van der Waals surface area contributed by atoms with Crippen molar-refractivity contribution in [1.29, 1.82) is 0 Å². The molecule has 1 aliphatic heterocycles. The van der Waals surface area contributed by atoms with E-state index in [1.807, 2.05) is 12.1 Å². The normalized spacial score (nSPS) is 16.8. The summed E-state index contributed by atoms with van der Waals surface area (Å²) in [7, 11) is 0. The van der Waals surface area contributed by atoms with Gasteiger partial charge in [0.15, 0.2) is 0 Å². The van der Waals surface area contributed by atoms with Crippen LogP contribution in [0.1, 0.15) is 48.7 Å². The molecule has 0 spiro atoms. The minimum Gasteiger partial charge on any atom is -0.478 e. The number of fused-ring (bicyclic) bond motifs is 1. The van der Waals surface area contributed by atoms with E-state index in [2.05, 4.69) is 22.5 Å². The zero-order chi connectivity index (χ0) is 15.5. The number of aromatic carboxylic acids is 1. The minimum atomic E-state index is -0.847. The van der Waals surface area contributed by atoms with Crippen LogP contribution in [0.3, 0.4) is 0 Å². The zero-order valence-electron chi connectivity index (χ0n) is 13.2. The highest BCUT2D eigenvalue weighted by atomic mass is 16.4. The van der Waals surface area contributed by atoms with Crippen LogP contribution < -0.4 is 0 Å². The highest BCUT2D eigenvalue weighted by Crippen LogP contribution is 2.25. The Kier molecular flexibility index (Phi) is 4.48. The Morgan fingerprint density at radius 2 is 1.91 bits per heavy atom. The molecule has 22 heavy (non-hydrogen) atoms. The number of hydrogen-bond donors (Lipinski definition) is 1. The lowest BCUT2D eigenvalue weighted by molar-refractivity contribution is 0.0699. The van der Waals surface area contributed by atoms with Crippen LogP contribution >= 0.6 is 0 Å². The van der Waals surface area contributed by atoms with Crippen molar-refractivity contribution >= 4 is 16.9 Å². The summed E-state index contributed by atoms with van der Waals surface area (Å²) < 4.78 is 2.26. The summed E-state index contributed by atoms with van der Waals surface area (Å²) >= 11 is 0. The molecule has 1 aliphatic rings. The molecule has 2 aromatic rings. The predicted molar refractivity (Wildman–Crippen MR) is 88.3 cm³/mol. The number of hydrogen-bond acceptors (Lipinski definition) is 2. The average Bonchev–Trinajstić information content (AvgIpc) is 2.67. The summed E-state index contributed by atoms with van der Waals surface area (Å²) in [5, 5.41) is 10.3. The Hall–Kier alpha value is -1.81. The summed E-state index contributed by atoms with van der Waals surface area (Å²) in [5.74, 6) is -0.847. The first-order valence-corrected chi connectivity index (χ1v) is 8.27. The number of carboxylic acid groups (broad SMARTS) is 1. The molecular weight excluding hydrogens is 276 g/mol. The van der Waals surface area contributed by atoms with Gasteiger partial charge in [-0.15, -0.1) is 0 Å². The summed E-state index contributed by atoms with van der Waals surface area (Å²) in [4.78, 5) is 13.9. The molecule has 3 rings (SSSR count). The third kappa shape index (κ3) is 2.88. The van der Waals surface area contributed by atoms with Gasteiger partial charge in [0.05, 0.1) is 5.56 Å². The minimum absolute atomic E-state index is 0.404. The number of likely N-dealkylation sites (tertiary alicyclic amines) is 1. The molecule has 0 bridgehead atoms. The zero-order valence-corrected chi connectivity index (χ0v) is 13.2. The second-order valence-corrected chi connectivity index (χ2v) is 6.11. The Bertz CT molecular complexity index is 667. The van der Waals surface area contributed by atoms with Crippen LogP contribution in [0, 0.1) is 0 Å². The summed E-state index contributed by atoms with van der Waals surface area (Å²) in [5.41, 5.74) is 2.67. The van der Waals surface area contributed by atoms with E-state index in [-0.39, 0.29) is 0 Å². The van der Waals surface area contributed by atoms with Crippen LogP contribution in [0.4, 0.5) is 0 Å². The number of carbonyl (C=O) groups is 1. The van der Waals surface area contributed by atoms with E-state index in [0.717, 1.165) is 37.1 Å². The van der Waals surface area contributed by atoms with Gasteiger partial charge >= 0.3 is 5.97 Å². The van der Waals surface area contributed by atoms with Crippen LogP contribution in [0.5, 0.6) is 0 Å². The molecule has 4 heteroatoms. The maximum atomic E-state index is 11.4. The average molecular weight is 300 g/mol. The lowest BCUT2D eigenvalue weighted by Crippen LogP contribution is -2.25. The van der Waals surface area contributed by atoms with Crippen molar-refractivity contribution in [3.05, 3.63) is 35.5 Å². The van der Waals surface area contributed by atoms with Crippen LogP contribution in [0.15, 0.2) is 24.3 Å². The molecule has 0 radical (unpaired) electrons. The highest BCUT2D eigenvalue weighted by molar-refractivity contribution is 6.03. The first-order valence-electron chi connectivity index (χ1n) is 8.27. The van der Waals surface area contributed by atoms with E-state index in [4.69, 9.17) is 0 Å². The van der Waals surface area contributed by atoms with E-state index in [1.54, 1.807) is 6.07 Å². The molecule has 1 aromatic carbocycles. The lowest BCUT2D eigenvalue weighted by Gasteiger charge is -2.20. The topological polar surface area (TPSA) is 45.5 Å². The van der Waals surface area contributed by atoms with Gasteiger partial charge < -0.3 is 9.67 Å². The SMILES string of the molecule is CCn1c(CN2CCCCCC2)cc2c(C(=O)O)cccc21. The largest absolute Gasteiger partial charge is 0.478 e. The monoisotopic (exact) mass is 300 g/mol. The van der Waals surface area contributed by atoms with Gasteiger partial charge in [-0.25, -0.2) is 4.79 Å². The van der Waals surface area contributed by atoms with Crippen molar-refractivity contribution in [1.82, 2.24) is 9.47 Å². The molecule has 0 unspecified atom stereocenters. The quantitative estimate of drug-likeness (QED) is 0.935. The predicted octanol–water partition coefficient (Wildman–Crippen LogP) is 3.74. The molecular formula is C18H24N2O2. The maximum absolute atomic E-state index is 11.4. The second-order valence-electron chi connectivity index (χ2n) is 6.11. The number of nitrogens with zero attached hydrogens (tertiary/aromatic N) is 2. The molecule has 1 fully saturated rings. The van der Waals surface area contributed by atoms with E-state index in [1.165, 1.54) is 31.4 Å². The standard InChI is InChI=1S/C18H24N2O2/c1-2-20-14(13-19-10-5-3-4-6-11-19)12-16-15(18(21)22)8-7-9-17(16)20/h7-9,12H,2-6,10-11,13H2,1H3,(H,21,22). The van der Waals surface area contributed by atoms with E-state index in [0.29, 0.717) is 5.56 Å². The molecule has 0 amide bonds. The molecule has 4 nitrogen and oxygen atoms in total. The highest BCUT2D eigenvalue weighted by Gasteiger charge is 2.17. The summed E-state index contributed by atoms with van der Waals surface area (Å²) in [6, 6.07) is 7.64. The number of carboxylic acids is 1. The van der Waals surface area contributed by atoms with E-state index >= 15 is 0 Å². The molecule has 0 aliphatic carbocycles. The molecule has 1 N–H and O–H groups in total.